The molecule has 0 spiro atoms. The Kier molecular flexibility index (Phi) is 6.32. The number of aliphatic hydroxyl groups is 1. The number of hydrogen-bond donors (Lipinski definition) is 2. The number of fused-ring (bicyclic) bond motifs is 1. The van der Waals surface area contributed by atoms with Crippen LogP contribution < -0.4 is 0 Å². The average Bonchev–Trinajstić information content (AvgIpc) is 3.14. The highest BCUT2D eigenvalue weighted by Crippen LogP contribution is 2.40. The monoisotopic (exact) mass is 567 g/mol. The van der Waals surface area contributed by atoms with E-state index in [0.717, 1.165) is 9.54 Å². The summed E-state index contributed by atoms with van der Waals surface area (Å²) in [5, 5.41) is 21.1. The number of carbonyl (C=O) groups is 1. The molecule has 1 aromatic heterocycles. The van der Waals surface area contributed by atoms with Crippen LogP contribution in [0, 0.1) is 6.92 Å². The van der Waals surface area contributed by atoms with Crippen molar-refractivity contribution in [1.29, 1.82) is 0 Å². The van der Waals surface area contributed by atoms with Crippen LogP contribution in [0.2, 0.25) is 10.0 Å². The topological polar surface area (TPSA) is 96.6 Å². The first-order valence-electron chi connectivity index (χ1n) is 9.55. The summed E-state index contributed by atoms with van der Waals surface area (Å²) in [5.41, 5.74) is 0.721. The van der Waals surface area contributed by atoms with Crippen LogP contribution in [0.1, 0.15) is 33.3 Å². The van der Waals surface area contributed by atoms with Crippen molar-refractivity contribution in [1.82, 2.24) is 3.97 Å². The molecule has 0 aliphatic rings. The summed E-state index contributed by atoms with van der Waals surface area (Å²) in [5.74, 6) is -1.30. The lowest BCUT2D eigenvalue weighted by Crippen LogP contribution is -2.19. The molecule has 0 radical (unpaired) electrons. The maximum atomic E-state index is 13.7. The number of rotatable bonds is 5. The standard InChI is InChI=1S/C23H16BrCl2NO5S/c1-12-9-13(24)10-18-16(12)11-19(27(18)33(31,32)14-5-3-2-4-6-14)22(28)20-17(25)8-7-15(21(20)26)23(29)30/h2-11,22,28H,1H3,(H,29,30). The normalized spacial score (nSPS) is 12.8. The summed E-state index contributed by atoms with van der Waals surface area (Å²) in [4.78, 5) is 11.6. The second-order valence-corrected chi connectivity index (χ2v) is 10.8. The van der Waals surface area contributed by atoms with E-state index in [0.29, 0.717) is 15.4 Å². The number of benzene rings is 3. The van der Waals surface area contributed by atoms with Crippen LogP contribution in [-0.4, -0.2) is 28.6 Å². The van der Waals surface area contributed by atoms with Crippen molar-refractivity contribution in [3.05, 3.63) is 97.6 Å². The highest BCUT2D eigenvalue weighted by Gasteiger charge is 2.31. The van der Waals surface area contributed by atoms with Crippen LogP contribution in [0.3, 0.4) is 0 Å². The van der Waals surface area contributed by atoms with Crippen LogP contribution in [0.25, 0.3) is 10.9 Å². The van der Waals surface area contributed by atoms with Gasteiger partial charge in [0, 0.05) is 20.4 Å². The smallest absolute Gasteiger partial charge is 0.337 e. The molecule has 0 amide bonds. The predicted molar refractivity (Wildman–Crippen MR) is 131 cm³/mol. The van der Waals surface area contributed by atoms with Gasteiger partial charge in [-0.05, 0) is 55.0 Å². The minimum Gasteiger partial charge on any atom is -0.478 e. The van der Waals surface area contributed by atoms with Gasteiger partial charge in [0.25, 0.3) is 10.0 Å². The Morgan fingerprint density at radius 2 is 1.73 bits per heavy atom. The van der Waals surface area contributed by atoms with Crippen LogP contribution in [0.15, 0.2) is 70.0 Å². The number of aliphatic hydroxyl groups excluding tert-OH is 1. The summed E-state index contributed by atoms with van der Waals surface area (Å²) in [6, 6.07) is 15.3. The third kappa shape index (κ3) is 4.06. The summed E-state index contributed by atoms with van der Waals surface area (Å²) in [6.45, 7) is 1.81. The van der Waals surface area contributed by atoms with Crippen molar-refractivity contribution in [2.75, 3.05) is 0 Å². The fourth-order valence-corrected chi connectivity index (χ4v) is 6.50. The first kappa shape index (κ1) is 23.8. The first-order valence-corrected chi connectivity index (χ1v) is 12.5. The van der Waals surface area contributed by atoms with E-state index in [4.69, 9.17) is 23.2 Å². The second kappa shape index (κ2) is 8.77. The fourth-order valence-electron chi connectivity index (χ4n) is 3.73. The highest BCUT2D eigenvalue weighted by molar-refractivity contribution is 9.10. The van der Waals surface area contributed by atoms with Gasteiger partial charge < -0.3 is 10.2 Å². The molecule has 4 rings (SSSR count). The Morgan fingerprint density at radius 1 is 1.06 bits per heavy atom. The Bertz CT molecular complexity index is 1520. The highest BCUT2D eigenvalue weighted by atomic mass is 79.9. The van der Waals surface area contributed by atoms with Crippen molar-refractivity contribution in [2.24, 2.45) is 0 Å². The molecule has 4 aromatic rings. The number of carboxylic acids is 1. The molecule has 0 bridgehead atoms. The van der Waals surface area contributed by atoms with E-state index in [1.54, 1.807) is 30.3 Å². The molecular weight excluding hydrogens is 553 g/mol. The minimum atomic E-state index is -4.16. The molecule has 33 heavy (non-hydrogen) atoms. The largest absolute Gasteiger partial charge is 0.478 e. The first-order chi connectivity index (χ1) is 15.5. The van der Waals surface area contributed by atoms with Gasteiger partial charge in [-0.25, -0.2) is 17.2 Å². The number of aryl methyl sites for hydroxylation is 1. The van der Waals surface area contributed by atoms with Crippen LogP contribution in [0.4, 0.5) is 0 Å². The molecular formula is C23H16BrCl2NO5S. The van der Waals surface area contributed by atoms with E-state index in [-0.39, 0.29) is 31.8 Å². The maximum Gasteiger partial charge on any atom is 0.337 e. The summed E-state index contributed by atoms with van der Waals surface area (Å²) in [7, 11) is -4.16. The molecule has 1 unspecified atom stereocenters. The molecule has 1 atom stereocenters. The van der Waals surface area contributed by atoms with E-state index in [1.165, 1.54) is 24.3 Å². The molecule has 3 aromatic carbocycles. The number of hydrogen-bond acceptors (Lipinski definition) is 4. The minimum absolute atomic E-state index is 0.00400. The number of aromatic nitrogens is 1. The van der Waals surface area contributed by atoms with Gasteiger partial charge in [0.1, 0.15) is 6.10 Å². The van der Waals surface area contributed by atoms with Gasteiger partial charge >= 0.3 is 5.97 Å². The molecule has 0 saturated carbocycles. The summed E-state index contributed by atoms with van der Waals surface area (Å²) >= 11 is 16.0. The van der Waals surface area contributed by atoms with Crippen molar-refractivity contribution >= 4 is 66.0 Å². The molecule has 6 nitrogen and oxygen atoms in total. The molecule has 2 N–H and O–H groups in total. The number of aromatic carboxylic acids is 1. The molecule has 0 aliphatic heterocycles. The fraction of sp³-hybridized carbons (Fsp3) is 0.0870. The Morgan fingerprint density at radius 3 is 2.36 bits per heavy atom. The van der Waals surface area contributed by atoms with Crippen molar-refractivity contribution in [3.63, 3.8) is 0 Å². The molecule has 0 aliphatic carbocycles. The SMILES string of the molecule is Cc1cc(Br)cc2c1cc(C(O)c1c(Cl)ccc(C(=O)O)c1Cl)n2S(=O)(=O)c1ccccc1. The molecule has 170 valence electrons. The zero-order chi connectivity index (χ0) is 24.1. The van der Waals surface area contributed by atoms with Gasteiger partial charge in [0.2, 0.25) is 0 Å². The number of carboxylic acid groups (broad SMARTS) is 1. The van der Waals surface area contributed by atoms with Crippen molar-refractivity contribution < 1.29 is 23.4 Å². The van der Waals surface area contributed by atoms with E-state index in [1.807, 2.05) is 13.0 Å². The zero-order valence-electron chi connectivity index (χ0n) is 17.0. The van der Waals surface area contributed by atoms with Gasteiger partial charge in [-0.3, -0.25) is 0 Å². The van der Waals surface area contributed by atoms with Crippen LogP contribution in [0.5, 0.6) is 0 Å². The van der Waals surface area contributed by atoms with E-state index < -0.39 is 22.1 Å². The van der Waals surface area contributed by atoms with E-state index >= 15 is 0 Å². The Labute approximate surface area is 208 Å². The van der Waals surface area contributed by atoms with Gasteiger partial charge in [0.05, 0.1) is 26.7 Å². The second-order valence-electron chi connectivity index (χ2n) is 7.34. The number of nitrogens with zero attached hydrogens (tertiary/aromatic N) is 1. The third-order valence-electron chi connectivity index (χ3n) is 5.27. The number of halogens is 3. The van der Waals surface area contributed by atoms with Crippen molar-refractivity contribution in [3.8, 4) is 0 Å². The molecule has 0 fully saturated rings. The average molecular weight is 569 g/mol. The van der Waals surface area contributed by atoms with Gasteiger partial charge in [-0.1, -0.05) is 57.3 Å². The quantitative estimate of drug-likeness (QED) is 0.306. The van der Waals surface area contributed by atoms with E-state index in [2.05, 4.69) is 15.9 Å². The predicted octanol–water partition coefficient (Wildman–Crippen LogP) is 6.04. The lowest BCUT2D eigenvalue weighted by atomic mass is 10.0. The molecule has 1 heterocycles. The van der Waals surface area contributed by atoms with Crippen molar-refractivity contribution in [2.45, 2.75) is 17.9 Å². The Hall–Kier alpha value is -2.36. The van der Waals surface area contributed by atoms with Crippen LogP contribution in [-0.2, 0) is 10.0 Å². The third-order valence-corrected chi connectivity index (χ3v) is 8.22. The zero-order valence-corrected chi connectivity index (χ0v) is 20.9. The summed E-state index contributed by atoms with van der Waals surface area (Å²) in [6.07, 6.45) is -1.63. The lowest BCUT2D eigenvalue weighted by molar-refractivity contribution is 0.0696. The maximum absolute atomic E-state index is 13.7. The lowest BCUT2D eigenvalue weighted by Gasteiger charge is -2.19. The van der Waals surface area contributed by atoms with Gasteiger partial charge in [0.15, 0.2) is 0 Å². The Balaban J connectivity index is 2.08. The molecule has 0 saturated heterocycles. The molecule has 10 heteroatoms. The van der Waals surface area contributed by atoms with Gasteiger partial charge in [-0.2, -0.15) is 0 Å². The van der Waals surface area contributed by atoms with E-state index in [9.17, 15) is 23.4 Å². The van der Waals surface area contributed by atoms with Crippen LogP contribution >= 0.6 is 39.1 Å². The van der Waals surface area contributed by atoms with Gasteiger partial charge in [-0.15, -0.1) is 0 Å². The summed E-state index contributed by atoms with van der Waals surface area (Å²) < 4.78 is 29.1.